The van der Waals surface area contributed by atoms with E-state index in [0.717, 1.165) is 17.0 Å². The molecule has 0 saturated carbocycles. The number of hydrogen-bond acceptors (Lipinski definition) is 3. The van der Waals surface area contributed by atoms with Gasteiger partial charge < -0.3 is 4.57 Å². The molecule has 2 aliphatic heterocycles. The quantitative estimate of drug-likeness (QED) is 0.798. The smallest absolute Gasteiger partial charge is 0.160 e. The van der Waals surface area contributed by atoms with Gasteiger partial charge in [-0.15, -0.1) is 11.6 Å². The monoisotopic (exact) mass is 290 g/mol. The molecule has 0 amide bonds. The first-order valence-electron chi connectivity index (χ1n) is 7.42. The van der Waals surface area contributed by atoms with Crippen LogP contribution in [-0.2, 0) is 5.88 Å². The summed E-state index contributed by atoms with van der Waals surface area (Å²) < 4.78 is 2.32. The molecule has 2 aromatic rings. The van der Waals surface area contributed by atoms with E-state index in [1.165, 1.54) is 37.9 Å². The lowest BCUT2D eigenvalue weighted by Crippen LogP contribution is -2.28. The van der Waals surface area contributed by atoms with Crippen LogP contribution in [-0.4, -0.2) is 38.6 Å². The molecule has 4 heterocycles. The molecular formula is C15H19ClN4. The fourth-order valence-electron chi connectivity index (χ4n) is 3.96. The Labute approximate surface area is 123 Å². The molecule has 4 rings (SSSR count). The fourth-order valence-corrected chi connectivity index (χ4v) is 4.14. The Kier molecular flexibility index (Phi) is 2.97. The minimum Gasteiger partial charge on any atom is -0.307 e. The molecule has 2 fully saturated rings. The third-order valence-corrected chi connectivity index (χ3v) is 5.11. The summed E-state index contributed by atoms with van der Waals surface area (Å²) in [6, 6.07) is 3.16. The van der Waals surface area contributed by atoms with Crippen LogP contribution in [0.1, 0.15) is 36.7 Å². The van der Waals surface area contributed by atoms with Crippen LogP contribution in [0.5, 0.6) is 0 Å². The van der Waals surface area contributed by atoms with E-state index < -0.39 is 0 Å². The molecule has 0 bridgehead atoms. The van der Waals surface area contributed by atoms with Gasteiger partial charge in [0.1, 0.15) is 11.3 Å². The van der Waals surface area contributed by atoms with E-state index in [1.54, 1.807) is 0 Å². The molecule has 2 atom stereocenters. The van der Waals surface area contributed by atoms with Gasteiger partial charge in [-0.05, 0) is 44.4 Å². The zero-order valence-electron chi connectivity index (χ0n) is 11.7. The van der Waals surface area contributed by atoms with Gasteiger partial charge in [-0.1, -0.05) is 0 Å². The average molecular weight is 291 g/mol. The van der Waals surface area contributed by atoms with Crippen molar-refractivity contribution in [3.05, 3.63) is 23.7 Å². The summed E-state index contributed by atoms with van der Waals surface area (Å²) in [5, 5.41) is 0. The SMILES string of the molecule is Cc1ccnc2c1nc(CCl)n2C1CCN2CCCC12. The highest BCUT2D eigenvalue weighted by molar-refractivity contribution is 6.16. The van der Waals surface area contributed by atoms with E-state index in [2.05, 4.69) is 21.4 Å². The number of imidazole rings is 1. The normalized spacial score (nSPS) is 26.5. The van der Waals surface area contributed by atoms with Crippen LogP contribution >= 0.6 is 11.6 Å². The van der Waals surface area contributed by atoms with Gasteiger partial charge in [0.2, 0.25) is 0 Å². The Hall–Kier alpha value is -1.13. The summed E-state index contributed by atoms with van der Waals surface area (Å²) in [7, 11) is 0. The number of nitrogens with zero attached hydrogens (tertiary/aromatic N) is 4. The highest BCUT2D eigenvalue weighted by atomic mass is 35.5. The maximum atomic E-state index is 6.15. The van der Waals surface area contributed by atoms with Crippen molar-refractivity contribution < 1.29 is 0 Å². The fraction of sp³-hybridized carbons (Fsp3) is 0.600. The number of rotatable bonds is 2. The van der Waals surface area contributed by atoms with E-state index in [-0.39, 0.29) is 0 Å². The van der Waals surface area contributed by atoms with Gasteiger partial charge in [-0.25, -0.2) is 9.97 Å². The summed E-state index contributed by atoms with van der Waals surface area (Å²) in [5.41, 5.74) is 3.21. The minimum atomic E-state index is 0.457. The second-order valence-electron chi connectivity index (χ2n) is 5.93. The van der Waals surface area contributed by atoms with E-state index in [1.807, 2.05) is 12.3 Å². The lowest BCUT2D eigenvalue weighted by Gasteiger charge is -2.23. The Morgan fingerprint density at radius 1 is 1.30 bits per heavy atom. The Morgan fingerprint density at radius 3 is 3.05 bits per heavy atom. The molecule has 2 saturated heterocycles. The number of fused-ring (bicyclic) bond motifs is 2. The lowest BCUT2D eigenvalue weighted by molar-refractivity contribution is 0.290. The molecule has 106 valence electrons. The first-order chi connectivity index (χ1) is 9.79. The van der Waals surface area contributed by atoms with Crippen molar-refractivity contribution in [1.29, 1.82) is 0 Å². The first-order valence-corrected chi connectivity index (χ1v) is 7.95. The minimum absolute atomic E-state index is 0.457. The number of hydrogen-bond donors (Lipinski definition) is 0. The van der Waals surface area contributed by atoms with Crippen LogP contribution in [0, 0.1) is 6.92 Å². The molecule has 2 aromatic heterocycles. The highest BCUT2D eigenvalue weighted by Gasteiger charge is 2.39. The second-order valence-corrected chi connectivity index (χ2v) is 6.20. The van der Waals surface area contributed by atoms with Crippen molar-refractivity contribution in [3.63, 3.8) is 0 Å². The molecule has 2 unspecified atom stereocenters. The van der Waals surface area contributed by atoms with Gasteiger partial charge in [-0.2, -0.15) is 0 Å². The van der Waals surface area contributed by atoms with Crippen molar-refractivity contribution >= 4 is 22.8 Å². The zero-order chi connectivity index (χ0) is 13.7. The number of alkyl halides is 1. The van der Waals surface area contributed by atoms with E-state index in [9.17, 15) is 0 Å². The van der Waals surface area contributed by atoms with Gasteiger partial charge in [0.05, 0.1) is 11.9 Å². The highest BCUT2D eigenvalue weighted by Crippen LogP contribution is 2.38. The van der Waals surface area contributed by atoms with Crippen LogP contribution in [0.15, 0.2) is 12.3 Å². The van der Waals surface area contributed by atoms with Crippen molar-refractivity contribution in [2.24, 2.45) is 0 Å². The van der Waals surface area contributed by atoms with Gasteiger partial charge in [0.15, 0.2) is 5.65 Å². The van der Waals surface area contributed by atoms with Crippen LogP contribution in [0.25, 0.3) is 11.2 Å². The number of halogens is 1. The summed E-state index contributed by atoms with van der Waals surface area (Å²) in [6.07, 6.45) is 5.68. The van der Waals surface area contributed by atoms with Crippen LogP contribution < -0.4 is 0 Å². The van der Waals surface area contributed by atoms with Gasteiger partial charge in [0, 0.05) is 18.8 Å². The van der Waals surface area contributed by atoms with Crippen molar-refractivity contribution in [2.45, 2.75) is 44.1 Å². The Bertz CT molecular complexity index is 651. The first kappa shape index (κ1) is 12.6. The summed E-state index contributed by atoms with van der Waals surface area (Å²) >= 11 is 6.15. The van der Waals surface area contributed by atoms with E-state index in [0.29, 0.717) is 18.0 Å². The number of aromatic nitrogens is 3. The molecule has 2 aliphatic rings. The largest absolute Gasteiger partial charge is 0.307 e. The van der Waals surface area contributed by atoms with Crippen LogP contribution in [0.3, 0.4) is 0 Å². The van der Waals surface area contributed by atoms with Crippen LogP contribution in [0.2, 0.25) is 0 Å². The zero-order valence-corrected chi connectivity index (χ0v) is 12.5. The molecular weight excluding hydrogens is 272 g/mol. The van der Waals surface area contributed by atoms with Gasteiger partial charge in [0.25, 0.3) is 0 Å². The van der Waals surface area contributed by atoms with Crippen molar-refractivity contribution in [2.75, 3.05) is 13.1 Å². The standard InChI is InChI=1S/C15H19ClN4/c1-10-4-6-17-15-14(10)18-13(9-16)20(15)12-5-8-19-7-2-3-11(12)19/h4,6,11-12H,2-3,5,7-9H2,1H3. The van der Waals surface area contributed by atoms with E-state index in [4.69, 9.17) is 16.6 Å². The third-order valence-electron chi connectivity index (χ3n) is 4.88. The molecule has 20 heavy (non-hydrogen) atoms. The summed E-state index contributed by atoms with van der Waals surface area (Å²) in [6.45, 7) is 4.54. The predicted octanol–water partition coefficient (Wildman–Crippen LogP) is 2.89. The van der Waals surface area contributed by atoms with Gasteiger partial charge in [-0.3, -0.25) is 4.90 Å². The van der Waals surface area contributed by atoms with Crippen LogP contribution in [0.4, 0.5) is 0 Å². The van der Waals surface area contributed by atoms with Gasteiger partial charge >= 0.3 is 0 Å². The molecule has 0 aromatic carbocycles. The lowest BCUT2D eigenvalue weighted by atomic mass is 10.1. The number of pyridine rings is 1. The predicted molar refractivity (Wildman–Crippen MR) is 80.1 cm³/mol. The molecule has 0 spiro atoms. The number of aryl methyl sites for hydroxylation is 1. The molecule has 5 heteroatoms. The van der Waals surface area contributed by atoms with Crippen molar-refractivity contribution in [3.8, 4) is 0 Å². The maximum Gasteiger partial charge on any atom is 0.160 e. The molecule has 0 N–H and O–H groups in total. The molecule has 0 aliphatic carbocycles. The Morgan fingerprint density at radius 2 is 2.20 bits per heavy atom. The topological polar surface area (TPSA) is 34.0 Å². The summed E-state index contributed by atoms with van der Waals surface area (Å²) in [4.78, 5) is 11.9. The maximum absolute atomic E-state index is 6.15. The van der Waals surface area contributed by atoms with Crippen molar-refractivity contribution in [1.82, 2.24) is 19.4 Å². The average Bonchev–Trinajstić information content (AvgIpc) is 3.11. The Balaban J connectivity index is 1.88. The summed E-state index contributed by atoms with van der Waals surface area (Å²) in [5.74, 6) is 1.43. The molecule has 0 radical (unpaired) electrons. The third kappa shape index (κ3) is 1.71. The molecule has 4 nitrogen and oxygen atoms in total. The second kappa shape index (κ2) is 4.71. The van der Waals surface area contributed by atoms with E-state index >= 15 is 0 Å².